The van der Waals surface area contributed by atoms with E-state index in [9.17, 15) is 17.6 Å². The highest BCUT2D eigenvalue weighted by Gasteiger charge is 2.27. The van der Waals surface area contributed by atoms with Crippen molar-refractivity contribution in [1.82, 2.24) is 5.32 Å². The van der Waals surface area contributed by atoms with Crippen LogP contribution in [0.3, 0.4) is 0 Å². The van der Waals surface area contributed by atoms with Gasteiger partial charge >= 0.3 is 0 Å². The van der Waals surface area contributed by atoms with Crippen LogP contribution in [0.15, 0.2) is 77.7 Å². The summed E-state index contributed by atoms with van der Waals surface area (Å²) in [5.74, 6) is 0.282. The number of benzene rings is 3. The van der Waals surface area contributed by atoms with Crippen molar-refractivity contribution in [3.63, 3.8) is 0 Å². The average Bonchev–Trinajstić information content (AvgIpc) is 2.80. The number of hydrogen-bond acceptors (Lipinski definition) is 4. The fourth-order valence-corrected chi connectivity index (χ4v) is 5.77. The molecule has 0 saturated heterocycles. The highest BCUT2D eigenvalue weighted by molar-refractivity contribution is 7.98. The Morgan fingerprint density at radius 2 is 1.70 bits per heavy atom. The second kappa shape index (κ2) is 11.7. The van der Waals surface area contributed by atoms with Crippen LogP contribution in [0.5, 0.6) is 0 Å². The van der Waals surface area contributed by atoms with E-state index in [-0.39, 0.29) is 10.6 Å². The van der Waals surface area contributed by atoms with Gasteiger partial charge in [-0.2, -0.15) is 11.8 Å². The quantitative estimate of drug-likeness (QED) is 0.360. The Morgan fingerprint density at radius 1 is 1.00 bits per heavy atom. The minimum absolute atomic E-state index is 0.0394. The van der Waals surface area contributed by atoms with Gasteiger partial charge in [0.2, 0.25) is 5.91 Å². The summed E-state index contributed by atoms with van der Waals surface area (Å²) in [5.41, 5.74) is 1.14. The van der Waals surface area contributed by atoms with Crippen LogP contribution < -0.4 is 9.62 Å². The summed E-state index contributed by atoms with van der Waals surface area (Å²) >= 11 is 13.6. The monoisotopic (exact) mass is 526 g/mol. The number of halogens is 3. The van der Waals surface area contributed by atoms with Crippen LogP contribution in [0.4, 0.5) is 10.1 Å². The number of nitrogens with zero attached hydrogens (tertiary/aromatic N) is 1. The molecule has 1 N–H and O–H groups in total. The SMILES string of the molecule is O=C(CN(c1ccc(F)cc1)S(=O)(=O)c1ccccc1)NCCSCc1ccc(Cl)cc1Cl. The first kappa shape index (κ1) is 25.4. The molecule has 0 saturated carbocycles. The lowest BCUT2D eigenvalue weighted by molar-refractivity contribution is -0.119. The Bertz CT molecular complexity index is 1190. The van der Waals surface area contributed by atoms with Crippen LogP contribution in [0.25, 0.3) is 0 Å². The average molecular weight is 527 g/mol. The molecule has 33 heavy (non-hydrogen) atoms. The summed E-state index contributed by atoms with van der Waals surface area (Å²) in [5, 5.41) is 3.88. The number of carbonyl (C=O) groups excluding carboxylic acids is 1. The lowest BCUT2D eigenvalue weighted by atomic mass is 10.2. The van der Waals surface area contributed by atoms with Crippen molar-refractivity contribution in [2.24, 2.45) is 0 Å². The van der Waals surface area contributed by atoms with E-state index in [0.29, 0.717) is 28.1 Å². The van der Waals surface area contributed by atoms with Crippen LogP contribution >= 0.6 is 35.0 Å². The summed E-state index contributed by atoms with van der Waals surface area (Å²) in [6.45, 7) is -0.0894. The number of anilines is 1. The first-order chi connectivity index (χ1) is 15.8. The van der Waals surface area contributed by atoms with Crippen LogP contribution in [0.2, 0.25) is 10.0 Å². The molecule has 3 aromatic rings. The number of thioether (sulfide) groups is 1. The lowest BCUT2D eigenvalue weighted by Gasteiger charge is -2.24. The zero-order chi connectivity index (χ0) is 23.8. The Balaban J connectivity index is 1.61. The molecule has 0 heterocycles. The fourth-order valence-electron chi connectivity index (χ4n) is 2.91. The van der Waals surface area contributed by atoms with Crippen molar-refractivity contribution in [3.8, 4) is 0 Å². The predicted molar refractivity (Wildman–Crippen MR) is 133 cm³/mol. The van der Waals surface area contributed by atoms with Gasteiger partial charge in [0.05, 0.1) is 10.6 Å². The number of carbonyl (C=O) groups is 1. The van der Waals surface area contributed by atoms with E-state index in [1.807, 2.05) is 6.07 Å². The van der Waals surface area contributed by atoms with E-state index in [1.54, 1.807) is 42.1 Å². The van der Waals surface area contributed by atoms with Gasteiger partial charge in [0.25, 0.3) is 10.0 Å². The Morgan fingerprint density at radius 3 is 2.36 bits per heavy atom. The standard InChI is InChI=1S/C23H21Cl2FN2O3S2/c24-18-7-6-17(22(25)14-18)16-32-13-12-27-23(29)15-28(20-10-8-19(26)9-11-20)33(30,31)21-4-2-1-3-5-21/h1-11,14H,12-13,15-16H2,(H,27,29). The van der Waals surface area contributed by atoms with Gasteiger partial charge in [-0.1, -0.05) is 47.5 Å². The maximum absolute atomic E-state index is 13.4. The first-order valence-corrected chi connectivity index (χ1v) is 13.2. The third-order valence-corrected chi connectivity index (χ3v) is 7.96. The second-order valence-corrected chi connectivity index (χ2v) is 10.8. The molecule has 0 spiro atoms. The molecule has 0 aliphatic carbocycles. The van der Waals surface area contributed by atoms with Gasteiger partial charge in [-0.15, -0.1) is 0 Å². The van der Waals surface area contributed by atoms with Gasteiger partial charge in [0.1, 0.15) is 12.4 Å². The van der Waals surface area contributed by atoms with E-state index >= 15 is 0 Å². The third-order valence-electron chi connectivity index (χ3n) is 4.57. The summed E-state index contributed by atoms with van der Waals surface area (Å²) in [7, 11) is -4.02. The molecule has 0 bridgehead atoms. The van der Waals surface area contributed by atoms with Gasteiger partial charge in [-0.05, 0) is 54.1 Å². The molecule has 3 rings (SSSR count). The van der Waals surface area contributed by atoms with Crippen molar-refractivity contribution >= 4 is 56.6 Å². The van der Waals surface area contributed by atoms with E-state index < -0.39 is 28.3 Å². The molecule has 0 aromatic heterocycles. The highest BCUT2D eigenvalue weighted by atomic mass is 35.5. The van der Waals surface area contributed by atoms with Crippen LogP contribution in [-0.4, -0.2) is 33.2 Å². The summed E-state index contributed by atoms with van der Waals surface area (Å²) in [4.78, 5) is 12.6. The van der Waals surface area contributed by atoms with Crippen LogP contribution in [-0.2, 0) is 20.6 Å². The molecule has 0 aliphatic heterocycles. The minimum atomic E-state index is -4.02. The maximum atomic E-state index is 13.4. The minimum Gasteiger partial charge on any atom is -0.354 e. The van der Waals surface area contributed by atoms with E-state index in [1.165, 1.54) is 24.3 Å². The molecular weight excluding hydrogens is 506 g/mol. The van der Waals surface area contributed by atoms with E-state index in [4.69, 9.17) is 23.2 Å². The molecule has 0 unspecified atom stereocenters. The van der Waals surface area contributed by atoms with Gasteiger partial charge < -0.3 is 5.32 Å². The van der Waals surface area contributed by atoms with Crippen LogP contribution in [0, 0.1) is 5.82 Å². The Labute approximate surface area is 206 Å². The zero-order valence-electron chi connectivity index (χ0n) is 17.4. The summed E-state index contributed by atoms with van der Waals surface area (Å²) < 4.78 is 40.7. The third kappa shape index (κ3) is 7.11. The highest BCUT2D eigenvalue weighted by Crippen LogP contribution is 2.25. The number of sulfonamides is 1. The van der Waals surface area contributed by atoms with Gasteiger partial charge in [0.15, 0.2) is 0 Å². The molecule has 1 amide bonds. The molecule has 0 atom stereocenters. The van der Waals surface area contributed by atoms with Crippen molar-refractivity contribution in [2.45, 2.75) is 10.6 Å². The molecule has 3 aromatic carbocycles. The summed E-state index contributed by atoms with van der Waals surface area (Å²) in [6.07, 6.45) is 0. The van der Waals surface area contributed by atoms with Gasteiger partial charge in [0, 0.05) is 28.1 Å². The van der Waals surface area contributed by atoms with Crippen molar-refractivity contribution < 1.29 is 17.6 Å². The van der Waals surface area contributed by atoms with E-state index in [0.717, 1.165) is 22.0 Å². The fraction of sp³-hybridized carbons (Fsp3) is 0.174. The largest absolute Gasteiger partial charge is 0.354 e. The molecule has 0 fully saturated rings. The predicted octanol–water partition coefficient (Wildman–Crippen LogP) is 5.38. The topological polar surface area (TPSA) is 66.5 Å². The molecule has 0 aliphatic rings. The first-order valence-electron chi connectivity index (χ1n) is 9.89. The molecule has 0 radical (unpaired) electrons. The van der Waals surface area contributed by atoms with Gasteiger partial charge in [-0.25, -0.2) is 12.8 Å². The number of hydrogen-bond donors (Lipinski definition) is 1. The van der Waals surface area contributed by atoms with Crippen molar-refractivity contribution in [3.05, 3.63) is 94.2 Å². The van der Waals surface area contributed by atoms with Crippen molar-refractivity contribution in [2.75, 3.05) is 23.1 Å². The zero-order valence-corrected chi connectivity index (χ0v) is 20.5. The molecule has 174 valence electrons. The van der Waals surface area contributed by atoms with Crippen molar-refractivity contribution in [1.29, 1.82) is 0 Å². The maximum Gasteiger partial charge on any atom is 0.264 e. The summed E-state index contributed by atoms with van der Waals surface area (Å²) in [6, 6.07) is 18.0. The Hall–Kier alpha value is -2.26. The number of nitrogens with one attached hydrogen (secondary N) is 1. The van der Waals surface area contributed by atoms with E-state index in [2.05, 4.69) is 5.32 Å². The lowest BCUT2D eigenvalue weighted by Crippen LogP contribution is -2.41. The van der Waals surface area contributed by atoms with Crippen LogP contribution in [0.1, 0.15) is 5.56 Å². The second-order valence-electron chi connectivity index (χ2n) is 6.94. The molecule has 5 nitrogen and oxygen atoms in total. The molecule has 10 heteroatoms. The number of amides is 1. The smallest absolute Gasteiger partial charge is 0.264 e. The van der Waals surface area contributed by atoms with Gasteiger partial charge in [-0.3, -0.25) is 9.10 Å². The Kier molecular flexibility index (Phi) is 9.02. The molecular formula is C23H21Cl2FN2O3S2. The normalized spacial score (nSPS) is 11.2. The number of rotatable bonds is 10.